The maximum Gasteiger partial charge on any atom is 0.132 e. The number of hydrogen-bond acceptors (Lipinski definition) is 5. The zero-order valence-electron chi connectivity index (χ0n) is 9.97. The van der Waals surface area contributed by atoms with Gasteiger partial charge in [-0.15, -0.1) is 0 Å². The lowest BCUT2D eigenvalue weighted by Crippen LogP contribution is -2.31. The first kappa shape index (κ1) is 12.9. The molecule has 1 aromatic heterocycles. The van der Waals surface area contributed by atoms with Gasteiger partial charge in [-0.1, -0.05) is 11.6 Å². The van der Waals surface area contributed by atoms with Gasteiger partial charge in [0.25, 0.3) is 0 Å². The molecule has 2 rings (SSSR count). The fourth-order valence-electron chi connectivity index (χ4n) is 1.50. The number of halogens is 1. The minimum Gasteiger partial charge on any atom is -0.496 e. The van der Waals surface area contributed by atoms with Crippen molar-refractivity contribution < 1.29 is 9.47 Å². The zero-order chi connectivity index (χ0) is 13.0. The van der Waals surface area contributed by atoms with Crippen molar-refractivity contribution in [3.8, 4) is 5.75 Å². The van der Waals surface area contributed by atoms with Crippen molar-refractivity contribution in [3.63, 3.8) is 0 Å². The molecule has 5 nitrogen and oxygen atoms in total. The van der Waals surface area contributed by atoms with E-state index < -0.39 is 0 Å². The topological polar surface area (TPSA) is 69.7 Å². The van der Waals surface area contributed by atoms with Crippen LogP contribution in [0.2, 0.25) is 5.15 Å². The van der Waals surface area contributed by atoms with E-state index in [1.165, 1.54) is 6.20 Å². The molecule has 0 amide bonds. The Morgan fingerprint density at radius 1 is 1.67 bits per heavy atom. The first-order chi connectivity index (χ1) is 8.74. The van der Waals surface area contributed by atoms with Gasteiger partial charge in [0.15, 0.2) is 0 Å². The van der Waals surface area contributed by atoms with Crippen molar-refractivity contribution in [1.82, 2.24) is 4.98 Å². The Morgan fingerprint density at radius 2 is 2.44 bits per heavy atom. The minimum absolute atomic E-state index is 0.214. The average Bonchev–Trinajstić information content (AvgIpc) is 2.33. The number of aliphatic imine (C=N–C) groups is 1. The van der Waals surface area contributed by atoms with Crippen molar-refractivity contribution in [2.75, 3.05) is 20.3 Å². The second-order valence-corrected chi connectivity index (χ2v) is 4.19. The number of methoxy groups -OCH3 is 1. The number of rotatable bonds is 4. The monoisotopic (exact) mass is 267 g/mol. The molecule has 1 aromatic rings. The molecule has 0 spiro atoms. The molecule has 0 aliphatic carbocycles. The summed E-state index contributed by atoms with van der Waals surface area (Å²) < 4.78 is 10.3. The Labute approximate surface area is 110 Å². The first-order valence-electron chi connectivity index (χ1n) is 5.47. The van der Waals surface area contributed by atoms with Crippen LogP contribution in [0.4, 0.5) is 0 Å². The molecule has 0 radical (unpaired) electrons. The summed E-state index contributed by atoms with van der Waals surface area (Å²) in [5, 5.41) is 0.372. The second kappa shape index (κ2) is 5.84. The molecule has 18 heavy (non-hydrogen) atoms. The zero-order valence-corrected chi connectivity index (χ0v) is 10.7. The number of nitrogens with two attached hydrogens (primary N) is 1. The maximum absolute atomic E-state index is 5.81. The van der Waals surface area contributed by atoms with Crippen LogP contribution in [0.25, 0.3) is 5.57 Å². The molecule has 0 bridgehead atoms. The van der Waals surface area contributed by atoms with Gasteiger partial charge in [0.2, 0.25) is 0 Å². The molecule has 0 aromatic carbocycles. The van der Waals surface area contributed by atoms with E-state index in [2.05, 4.69) is 9.98 Å². The average molecular weight is 268 g/mol. The van der Waals surface area contributed by atoms with Crippen LogP contribution in [0, 0.1) is 0 Å². The smallest absolute Gasteiger partial charge is 0.132 e. The molecule has 0 unspecified atom stereocenters. The third kappa shape index (κ3) is 2.80. The van der Waals surface area contributed by atoms with E-state index in [9.17, 15) is 0 Å². The van der Waals surface area contributed by atoms with Gasteiger partial charge in [-0.3, -0.25) is 4.99 Å². The molecule has 1 aliphatic rings. The summed E-state index contributed by atoms with van der Waals surface area (Å²) >= 11 is 5.81. The van der Waals surface area contributed by atoms with E-state index in [0.29, 0.717) is 24.1 Å². The van der Waals surface area contributed by atoms with Crippen molar-refractivity contribution in [1.29, 1.82) is 0 Å². The van der Waals surface area contributed by atoms with Gasteiger partial charge >= 0.3 is 0 Å². The predicted molar refractivity (Wildman–Crippen MR) is 71.1 cm³/mol. The molecule has 2 heterocycles. The van der Waals surface area contributed by atoms with Crippen LogP contribution in [0.1, 0.15) is 5.56 Å². The number of ether oxygens (including phenoxy) is 2. The molecule has 0 saturated carbocycles. The number of pyridine rings is 1. The maximum atomic E-state index is 5.81. The summed E-state index contributed by atoms with van der Waals surface area (Å²) in [5.74, 6) is 0.614. The molecular formula is C12H14ClN3O2. The van der Waals surface area contributed by atoms with E-state index in [1.807, 2.05) is 0 Å². The Hall–Kier alpha value is -1.59. The molecule has 96 valence electrons. The van der Waals surface area contributed by atoms with Gasteiger partial charge in [0.05, 0.1) is 26.4 Å². The van der Waals surface area contributed by atoms with Crippen LogP contribution in [0.5, 0.6) is 5.75 Å². The van der Waals surface area contributed by atoms with Crippen LogP contribution in [0.3, 0.4) is 0 Å². The normalized spacial score (nSPS) is 16.9. The largest absolute Gasteiger partial charge is 0.496 e. The van der Waals surface area contributed by atoms with Crippen molar-refractivity contribution >= 4 is 23.4 Å². The highest BCUT2D eigenvalue weighted by Crippen LogP contribution is 2.26. The van der Waals surface area contributed by atoms with Gasteiger partial charge in [-0.05, 0) is 0 Å². The Bertz CT molecular complexity index is 484. The molecule has 1 aliphatic heterocycles. The standard InChI is InChI=1S/C12H14ClN3O2/c1-17-11-2-12(13)16-5-10(11)8(3-14)4-15-9-6-18-7-9/h2-5,9H,6-7,14H2,1H3/b8-3+,15-4?. The lowest BCUT2D eigenvalue weighted by Gasteiger charge is -2.21. The van der Waals surface area contributed by atoms with Crippen molar-refractivity contribution in [2.24, 2.45) is 10.7 Å². The van der Waals surface area contributed by atoms with Gasteiger partial charge in [-0.2, -0.15) is 0 Å². The third-order valence-electron chi connectivity index (χ3n) is 2.59. The molecular weight excluding hydrogens is 254 g/mol. The predicted octanol–water partition coefficient (Wildman–Crippen LogP) is 1.51. The van der Waals surface area contributed by atoms with Crippen LogP contribution in [0.15, 0.2) is 23.5 Å². The van der Waals surface area contributed by atoms with E-state index in [4.69, 9.17) is 26.8 Å². The highest BCUT2D eigenvalue weighted by atomic mass is 35.5. The summed E-state index contributed by atoms with van der Waals surface area (Å²) in [6, 6.07) is 1.85. The lowest BCUT2D eigenvalue weighted by molar-refractivity contribution is 0.0136. The van der Waals surface area contributed by atoms with Gasteiger partial charge in [0, 0.05) is 35.8 Å². The SMILES string of the molecule is COc1cc(Cl)ncc1/C(C=NC1COC1)=C/N. The number of hydrogen-bond donors (Lipinski definition) is 1. The molecule has 6 heteroatoms. The van der Waals surface area contributed by atoms with Crippen LogP contribution >= 0.6 is 11.6 Å². The van der Waals surface area contributed by atoms with Crippen LogP contribution in [-0.2, 0) is 4.74 Å². The van der Waals surface area contributed by atoms with E-state index >= 15 is 0 Å². The fraction of sp³-hybridized carbons (Fsp3) is 0.333. The van der Waals surface area contributed by atoms with Gasteiger partial charge in [-0.25, -0.2) is 4.98 Å². The highest BCUT2D eigenvalue weighted by Gasteiger charge is 2.16. The summed E-state index contributed by atoms with van der Waals surface area (Å²) in [5.41, 5.74) is 7.11. The Kier molecular flexibility index (Phi) is 4.17. The molecule has 2 N–H and O–H groups in total. The van der Waals surface area contributed by atoms with Crippen molar-refractivity contribution in [2.45, 2.75) is 6.04 Å². The summed E-state index contributed by atoms with van der Waals surface area (Å²) in [6.45, 7) is 1.31. The summed E-state index contributed by atoms with van der Waals surface area (Å²) in [4.78, 5) is 8.38. The van der Waals surface area contributed by atoms with E-state index in [1.54, 1.807) is 25.6 Å². The quantitative estimate of drug-likeness (QED) is 0.663. The van der Waals surface area contributed by atoms with E-state index in [0.717, 1.165) is 11.1 Å². The number of allylic oxidation sites excluding steroid dienone is 1. The van der Waals surface area contributed by atoms with Crippen LogP contribution in [-0.4, -0.2) is 37.6 Å². The summed E-state index contributed by atoms with van der Waals surface area (Å²) in [6.07, 6.45) is 4.79. The Morgan fingerprint density at radius 3 is 3.00 bits per heavy atom. The van der Waals surface area contributed by atoms with Crippen molar-refractivity contribution in [3.05, 3.63) is 29.2 Å². The molecule has 1 saturated heterocycles. The molecule has 0 atom stereocenters. The fourth-order valence-corrected chi connectivity index (χ4v) is 1.64. The number of aromatic nitrogens is 1. The van der Waals surface area contributed by atoms with Crippen LogP contribution < -0.4 is 10.5 Å². The first-order valence-corrected chi connectivity index (χ1v) is 5.85. The summed E-state index contributed by atoms with van der Waals surface area (Å²) in [7, 11) is 1.57. The highest BCUT2D eigenvalue weighted by molar-refractivity contribution is 6.29. The Balaban J connectivity index is 2.24. The third-order valence-corrected chi connectivity index (χ3v) is 2.79. The van der Waals surface area contributed by atoms with Gasteiger partial charge in [0.1, 0.15) is 10.9 Å². The van der Waals surface area contributed by atoms with E-state index in [-0.39, 0.29) is 6.04 Å². The lowest BCUT2D eigenvalue weighted by atomic mass is 10.1. The minimum atomic E-state index is 0.214. The van der Waals surface area contributed by atoms with Gasteiger partial charge < -0.3 is 15.2 Å². The number of nitrogens with zero attached hydrogens (tertiary/aromatic N) is 2. The second-order valence-electron chi connectivity index (χ2n) is 3.80. The molecule has 1 fully saturated rings.